The molecule has 1 rings (SSSR count). The summed E-state index contributed by atoms with van der Waals surface area (Å²) in [6.45, 7) is 4.40. The molecular formula is C10H16BrN3O. The van der Waals surface area contributed by atoms with Crippen molar-refractivity contribution >= 4 is 21.8 Å². The van der Waals surface area contributed by atoms with Crippen LogP contribution in [0.25, 0.3) is 0 Å². The molecule has 15 heavy (non-hydrogen) atoms. The van der Waals surface area contributed by atoms with E-state index in [1.165, 1.54) is 0 Å². The highest BCUT2D eigenvalue weighted by Crippen LogP contribution is 2.05. The van der Waals surface area contributed by atoms with Crippen molar-refractivity contribution in [3.8, 4) is 0 Å². The number of hydrogen-bond acceptors (Lipinski definition) is 2. The van der Waals surface area contributed by atoms with Gasteiger partial charge in [-0.2, -0.15) is 5.10 Å². The van der Waals surface area contributed by atoms with Gasteiger partial charge in [0.25, 0.3) is 0 Å². The van der Waals surface area contributed by atoms with E-state index in [4.69, 9.17) is 0 Å². The minimum atomic E-state index is 0.00606. The van der Waals surface area contributed by atoms with E-state index in [0.717, 1.165) is 17.3 Å². The lowest BCUT2D eigenvalue weighted by molar-refractivity contribution is -0.122. The highest BCUT2D eigenvalue weighted by Gasteiger charge is 2.07. The Labute approximate surface area is 98.2 Å². The summed E-state index contributed by atoms with van der Waals surface area (Å²) in [5.74, 6) is 0.00606. The molecule has 0 aliphatic rings. The molecule has 0 saturated carbocycles. The Morgan fingerprint density at radius 1 is 1.73 bits per heavy atom. The lowest BCUT2D eigenvalue weighted by Crippen LogP contribution is -2.35. The average molecular weight is 274 g/mol. The number of carbonyl (C=O) groups is 1. The van der Waals surface area contributed by atoms with E-state index in [9.17, 15) is 4.79 Å². The number of rotatable bonds is 5. The van der Waals surface area contributed by atoms with Gasteiger partial charge in [0.2, 0.25) is 5.91 Å². The van der Waals surface area contributed by atoms with Gasteiger partial charge in [0, 0.05) is 12.2 Å². The number of halogens is 1. The van der Waals surface area contributed by atoms with Gasteiger partial charge in [-0.15, -0.1) is 0 Å². The third-order valence-corrected chi connectivity index (χ3v) is 2.45. The zero-order chi connectivity index (χ0) is 11.3. The van der Waals surface area contributed by atoms with Gasteiger partial charge >= 0.3 is 0 Å². The molecule has 1 unspecified atom stereocenters. The maximum Gasteiger partial charge on any atom is 0.241 e. The van der Waals surface area contributed by atoms with Crippen LogP contribution >= 0.6 is 15.9 Å². The van der Waals surface area contributed by atoms with Crippen LogP contribution in [-0.4, -0.2) is 21.7 Å². The topological polar surface area (TPSA) is 46.9 Å². The summed E-state index contributed by atoms with van der Waals surface area (Å²) in [5, 5.41) is 6.94. The number of carbonyl (C=O) groups excluding carboxylic acids is 1. The average Bonchev–Trinajstić information content (AvgIpc) is 2.51. The fourth-order valence-electron chi connectivity index (χ4n) is 1.40. The minimum absolute atomic E-state index is 0.00606. The Morgan fingerprint density at radius 3 is 3.00 bits per heavy atom. The molecule has 1 amide bonds. The molecule has 0 bridgehead atoms. The molecule has 5 heteroatoms. The van der Waals surface area contributed by atoms with Crippen LogP contribution < -0.4 is 5.32 Å². The Bertz CT molecular complexity index is 324. The van der Waals surface area contributed by atoms with Gasteiger partial charge in [0.1, 0.15) is 6.54 Å². The van der Waals surface area contributed by atoms with Crippen molar-refractivity contribution < 1.29 is 4.79 Å². The van der Waals surface area contributed by atoms with Crippen LogP contribution in [0.1, 0.15) is 26.7 Å². The van der Waals surface area contributed by atoms with Crippen molar-refractivity contribution in [1.29, 1.82) is 0 Å². The Hall–Kier alpha value is -0.840. The second kappa shape index (κ2) is 5.90. The molecule has 4 nitrogen and oxygen atoms in total. The van der Waals surface area contributed by atoms with E-state index < -0.39 is 0 Å². The van der Waals surface area contributed by atoms with E-state index in [0.29, 0.717) is 0 Å². The normalized spacial score (nSPS) is 12.5. The van der Waals surface area contributed by atoms with Crippen LogP contribution in [0.15, 0.2) is 16.9 Å². The lowest BCUT2D eigenvalue weighted by Gasteiger charge is -2.12. The van der Waals surface area contributed by atoms with Crippen LogP contribution in [0.2, 0.25) is 0 Å². The molecule has 1 atom stereocenters. The fraction of sp³-hybridized carbons (Fsp3) is 0.600. The van der Waals surface area contributed by atoms with Crippen molar-refractivity contribution in [2.45, 2.75) is 39.3 Å². The number of nitrogens with one attached hydrogen (secondary N) is 1. The molecule has 1 N–H and O–H groups in total. The molecule has 0 aromatic carbocycles. The second-order valence-electron chi connectivity index (χ2n) is 3.61. The summed E-state index contributed by atoms with van der Waals surface area (Å²) in [6.07, 6.45) is 5.54. The standard InChI is InChI=1S/C10H16BrN3O/c1-3-4-8(2)13-10(15)7-14-6-9(11)5-12-14/h5-6,8H,3-4,7H2,1-2H3,(H,13,15). The van der Waals surface area contributed by atoms with E-state index in [1.54, 1.807) is 17.1 Å². The predicted octanol–water partition coefficient (Wildman–Crippen LogP) is 1.95. The highest BCUT2D eigenvalue weighted by atomic mass is 79.9. The Kier molecular flexibility index (Phi) is 4.81. The molecule has 1 heterocycles. The monoisotopic (exact) mass is 273 g/mol. The summed E-state index contributed by atoms with van der Waals surface area (Å²) in [5.41, 5.74) is 0. The van der Waals surface area contributed by atoms with E-state index in [-0.39, 0.29) is 18.5 Å². The molecule has 0 fully saturated rings. The number of nitrogens with zero attached hydrogens (tertiary/aromatic N) is 2. The first-order chi connectivity index (χ1) is 7.11. The van der Waals surface area contributed by atoms with E-state index in [2.05, 4.69) is 33.3 Å². The van der Waals surface area contributed by atoms with E-state index in [1.807, 2.05) is 6.92 Å². The van der Waals surface area contributed by atoms with Crippen LogP contribution in [0.5, 0.6) is 0 Å². The third-order valence-electron chi connectivity index (χ3n) is 2.04. The zero-order valence-corrected chi connectivity index (χ0v) is 10.6. The van der Waals surface area contributed by atoms with Crippen molar-refractivity contribution in [3.05, 3.63) is 16.9 Å². The second-order valence-corrected chi connectivity index (χ2v) is 4.53. The SMILES string of the molecule is CCCC(C)NC(=O)Cn1cc(Br)cn1. The van der Waals surface area contributed by atoms with Gasteiger partial charge in [-0.25, -0.2) is 0 Å². The first-order valence-electron chi connectivity index (χ1n) is 5.09. The van der Waals surface area contributed by atoms with E-state index >= 15 is 0 Å². The predicted molar refractivity (Wildman–Crippen MR) is 62.4 cm³/mol. The summed E-state index contributed by atoms with van der Waals surface area (Å²) in [6, 6.07) is 0.238. The largest absolute Gasteiger partial charge is 0.352 e. The molecule has 0 radical (unpaired) electrons. The molecule has 0 aliphatic carbocycles. The van der Waals surface area contributed by atoms with Gasteiger partial charge in [-0.1, -0.05) is 13.3 Å². The number of aromatic nitrogens is 2. The summed E-state index contributed by atoms with van der Waals surface area (Å²) >= 11 is 3.28. The van der Waals surface area contributed by atoms with Crippen LogP contribution in [-0.2, 0) is 11.3 Å². The first-order valence-corrected chi connectivity index (χ1v) is 5.88. The molecule has 1 aromatic heterocycles. The zero-order valence-electron chi connectivity index (χ0n) is 9.03. The maximum atomic E-state index is 11.5. The van der Waals surface area contributed by atoms with Crippen LogP contribution in [0, 0.1) is 0 Å². The molecule has 84 valence electrons. The summed E-state index contributed by atoms with van der Waals surface area (Å²) in [7, 11) is 0. The van der Waals surface area contributed by atoms with Gasteiger partial charge in [-0.3, -0.25) is 9.48 Å². The number of hydrogen-bond donors (Lipinski definition) is 1. The van der Waals surface area contributed by atoms with Crippen molar-refractivity contribution in [3.63, 3.8) is 0 Å². The van der Waals surface area contributed by atoms with Gasteiger partial charge < -0.3 is 5.32 Å². The third kappa shape index (κ3) is 4.46. The van der Waals surface area contributed by atoms with Crippen LogP contribution in [0.3, 0.4) is 0 Å². The molecule has 0 saturated heterocycles. The Morgan fingerprint density at radius 2 is 2.47 bits per heavy atom. The summed E-state index contributed by atoms with van der Waals surface area (Å²) < 4.78 is 2.50. The van der Waals surface area contributed by atoms with Crippen LogP contribution in [0.4, 0.5) is 0 Å². The van der Waals surface area contributed by atoms with Gasteiger partial charge in [0.15, 0.2) is 0 Å². The first kappa shape index (κ1) is 12.2. The van der Waals surface area contributed by atoms with Gasteiger partial charge in [0.05, 0.1) is 10.7 Å². The van der Waals surface area contributed by atoms with Crippen molar-refractivity contribution in [1.82, 2.24) is 15.1 Å². The maximum absolute atomic E-state index is 11.5. The van der Waals surface area contributed by atoms with Gasteiger partial charge in [-0.05, 0) is 29.3 Å². The smallest absolute Gasteiger partial charge is 0.241 e. The minimum Gasteiger partial charge on any atom is -0.352 e. The highest BCUT2D eigenvalue weighted by molar-refractivity contribution is 9.10. The summed E-state index contributed by atoms with van der Waals surface area (Å²) in [4.78, 5) is 11.5. The van der Waals surface area contributed by atoms with Crippen molar-refractivity contribution in [2.75, 3.05) is 0 Å². The number of amides is 1. The lowest BCUT2D eigenvalue weighted by atomic mass is 10.2. The quantitative estimate of drug-likeness (QED) is 0.892. The Balaban J connectivity index is 2.36. The van der Waals surface area contributed by atoms with Crippen molar-refractivity contribution in [2.24, 2.45) is 0 Å². The fourth-order valence-corrected chi connectivity index (χ4v) is 1.73. The molecule has 1 aromatic rings. The molecule has 0 spiro atoms. The molecule has 0 aliphatic heterocycles. The molecular weight excluding hydrogens is 258 g/mol.